The average molecular weight is 411 g/mol. The van der Waals surface area contributed by atoms with E-state index in [2.05, 4.69) is 32.8 Å². The lowest BCUT2D eigenvalue weighted by Crippen LogP contribution is -2.20. The number of ether oxygens (including phenoxy) is 1. The van der Waals surface area contributed by atoms with Gasteiger partial charge in [0.15, 0.2) is 5.82 Å². The molecule has 1 saturated carbocycles. The molecular weight excluding hydrogens is 380 g/mol. The predicted molar refractivity (Wildman–Crippen MR) is 112 cm³/mol. The highest BCUT2D eigenvalue weighted by Crippen LogP contribution is 2.28. The maximum absolute atomic E-state index is 6.22. The van der Waals surface area contributed by atoms with Gasteiger partial charge < -0.3 is 4.74 Å². The molecule has 1 aliphatic carbocycles. The molecule has 9 nitrogen and oxygen atoms in total. The van der Waals surface area contributed by atoms with Crippen LogP contribution in [0.5, 0.6) is 5.75 Å². The zero-order chi connectivity index (χ0) is 20.9. The van der Waals surface area contributed by atoms with Crippen LogP contribution in [0.3, 0.4) is 0 Å². The van der Waals surface area contributed by atoms with Crippen molar-refractivity contribution in [1.29, 1.82) is 0 Å². The van der Waals surface area contributed by atoms with Crippen LogP contribution in [0.2, 0.25) is 0 Å². The fourth-order valence-electron chi connectivity index (χ4n) is 3.92. The largest absolute Gasteiger partial charge is 0.489 e. The summed E-state index contributed by atoms with van der Waals surface area (Å²) in [7, 11) is 1.89. The van der Waals surface area contributed by atoms with Gasteiger partial charge in [-0.2, -0.15) is 0 Å². The van der Waals surface area contributed by atoms with Crippen molar-refractivity contribution < 1.29 is 4.74 Å². The first-order chi connectivity index (χ1) is 14.7. The Morgan fingerprint density at radius 2 is 1.93 bits per heavy atom. The Kier molecular flexibility index (Phi) is 6.35. The van der Waals surface area contributed by atoms with Gasteiger partial charge in [0.2, 0.25) is 0 Å². The number of unbranched alkanes of at least 4 members (excludes halogenated alkanes) is 1. The van der Waals surface area contributed by atoms with E-state index in [1.54, 1.807) is 4.68 Å². The molecule has 0 aliphatic heterocycles. The zero-order valence-corrected chi connectivity index (χ0v) is 18.1. The van der Waals surface area contributed by atoms with Gasteiger partial charge in [-0.3, -0.25) is 4.68 Å². The summed E-state index contributed by atoms with van der Waals surface area (Å²) in [6.45, 7) is 4.95. The van der Waals surface area contributed by atoms with E-state index >= 15 is 0 Å². The van der Waals surface area contributed by atoms with Crippen LogP contribution in [0, 0.1) is 6.92 Å². The first-order valence-corrected chi connectivity index (χ1v) is 10.9. The van der Waals surface area contributed by atoms with Crippen LogP contribution in [0.25, 0.3) is 11.4 Å². The van der Waals surface area contributed by atoms with Crippen LogP contribution < -0.4 is 4.74 Å². The lowest BCUT2D eigenvalue weighted by molar-refractivity contribution is 0.153. The van der Waals surface area contributed by atoms with E-state index in [1.165, 1.54) is 19.3 Å². The molecule has 1 fully saturated rings. The number of hydrogen-bond acceptors (Lipinski definition) is 7. The topological polar surface area (TPSA) is 96.4 Å². The molecule has 3 aromatic heterocycles. The molecule has 0 aromatic carbocycles. The van der Waals surface area contributed by atoms with Crippen molar-refractivity contribution in [3.8, 4) is 17.1 Å². The van der Waals surface area contributed by atoms with Crippen LogP contribution in [0.1, 0.15) is 69.1 Å². The van der Waals surface area contributed by atoms with Gasteiger partial charge >= 0.3 is 0 Å². The highest BCUT2D eigenvalue weighted by atomic mass is 16.5. The van der Waals surface area contributed by atoms with E-state index < -0.39 is 0 Å². The maximum Gasteiger partial charge on any atom is 0.157 e. The highest BCUT2D eigenvalue weighted by Gasteiger charge is 2.20. The van der Waals surface area contributed by atoms with E-state index in [0.717, 1.165) is 66.6 Å². The standard InChI is InChI=1S/C21H30N8O/c1-4-5-13-29-20(23-25-27-29)14-18-21(24-26-28(18)3)17-11-12-19(15(2)22-17)30-16-9-7-6-8-10-16/h11-12,16H,4-10,13-14H2,1-3H3. The summed E-state index contributed by atoms with van der Waals surface area (Å²) in [5.41, 5.74) is 3.37. The minimum Gasteiger partial charge on any atom is -0.489 e. The Hall–Kier alpha value is -2.84. The molecule has 0 saturated heterocycles. The summed E-state index contributed by atoms with van der Waals surface area (Å²) in [6.07, 6.45) is 9.05. The lowest BCUT2D eigenvalue weighted by atomic mass is 9.98. The monoisotopic (exact) mass is 410 g/mol. The number of aromatic nitrogens is 8. The molecule has 4 rings (SSSR count). The first-order valence-electron chi connectivity index (χ1n) is 10.9. The van der Waals surface area contributed by atoms with Gasteiger partial charge in [0.05, 0.1) is 29.6 Å². The van der Waals surface area contributed by atoms with E-state index in [-0.39, 0.29) is 0 Å². The van der Waals surface area contributed by atoms with Crippen molar-refractivity contribution in [2.24, 2.45) is 7.05 Å². The van der Waals surface area contributed by atoms with Gasteiger partial charge in [-0.1, -0.05) is 25.0 Å². The summed E-state index contributed by atoms with van der Waals surface area (Å²) in [5, 5.41) is 20.8. The van der Waals surface area contributed by atoms with E-state index in [4.69, 9.17) is 9.72 Å². The summed E-state index contributed by atoms with van der Waals surface area (Å²) < 4.78 is 9.85. The average Bonchev–Trinajstić information content (AvgIpc) is 3.35. The second-order valence-corrected chi connectivity index (χ2v) is 8.01. The molecule has 0 amide bonds. The van der Waals surface area contributed by atoms with Gasteiger partial charge in [0.1, 0.15) is 11.4 Å². The molecule has 0 N–H and O–H groups in total. The molecule has 0 unspecified atom stereocenters. The molecule has 3 aromatic rings. The molecular formula is C21H30N8O. The molecule has 0 radical (unpaired) electrons. The normalized spacial score (nSPS) is 14.9. The SMILES string of the molecule is CCCCn1nnnc1Cc1c(-c2ccc(OC3CCCCC3)c(C)n2)nnn1C. The van der Waals surface area contributed by atoms with E-state index in [9.17, 15) is 0 Å². The van der Waals surface area contributed by atoms with Crippen molar-refractivity contribution in [3.05, 3.63) is 29.3 Å². The van der Waals surface area contributed by atoms with Gasteiger partial charge in [-0.25, -0.2) is 9.67 Å². The molecule has 30 heavy (non-hydrogen) atoms. The molecule has 0 atom stereocenters. The molecule has 3 heterocycles. The minimum atomic E-state index is 0.305. The van der Waals surface area contributed by atoms with Gasteiger partial charge in [0, 0.05) is 13.6 Å². The summed E-state index contributed by atoms with van der Waals surface area (Å²) in [6, 6.07) is 3.98. The highest BCUT2D eigenvalue weighted by molar-refractivity contribution is 5.58. The van der Waals surface area contributed by atoms with E-state index in [1.807, 2.05) is 30.8 Å². The number of aryl methyl sites for hydroxylation is 3. The predicted octanol–water partition coefficient (Wildman–Crippen LogP) is 3.27. The van der Waals surface area contributed by atoms with Crippen molar-refractivity contribution in [1.82, 2.24) is 40.2 Å². The Morgan fingerprint density at radius 1 is 1.10 bits per heavy atom. The minimum absolute atomic E-state index is 0.305. The Balaban J connectivity index is 1.55. The number of hydrogen-bond donors (Lipinski definition) is 0. The summed E-state index contributed by atoms with van der Waals surface area (Å²) in [4.78, 5) is 4.78. The van der Waals surface area contributed by atoms with Crippen molar-refractivity contribution in [2.45, 2.75) is 77.9 Å². The molecule has 0 bridgehead atoms. The van der Waals surface area contributed by atoms with Crippen molar-refractivity contribution in [2.75, 3.05) is 0 Å². The van der Waals surface area contributed by atoms with Crippen LogP contribution in [0.4, 0.5) is 0 Å². The number of pyridine rings is 1. The molecule has 1 aliphatic rings. The van der Waals surface area contributed by atoms with Crippen molar-refractivity contribution >= 4 is 0 Å². The third kappa shape index (κ3) is 4.49. The third-order valence-corrected chi connectivity index (χ3v) is 5.72. The Bertz CT molecular complexity index is 973. The van der Waals surface area contributed by atoms with E-state index in [0.29, 0.717) is 12.5 Å². The smallest absolute Gasteiger partial charge is 0.157 e. The number of tetrazole rings is 1. The second kappa shape index (κ2) is 9.32. The molecule has 160 valence electrons. The third-order valence-electron chi connectivity index (χ3n) is 5.72. The van der Waals surface area contributed by atoms with Crippen LogP contribution in [-0.2, 0) is 20.0 Å². The summed E-state index contributed by atoms with van der Waals surface area (Å²) in [5.74, 6) is 1.67. The van der Waals surface area contributed by atoms with Gasteiger partial charge in [-0.15, -0.1) is 10.2 Å². The fourth-order valence-corrected chi connectivity index (χ4v) is 3.92. The number of nitrogens with zero attached hydrogens (tertiary/aromatic N) is 8. The summed E-state index contributed by atoms with van der Waals surface area (Å²) >= 11 is 0. The number of rotatable bonds is 8. The molecule has 0 spiro atoms. The van der Waals surface area contributed by atoms with Gasteiger partial charge in [-0.05, 0) is 61.6 Å². The Morgan fingerprint density at radius 3 is 2.70 bits per heavy atom. The zero-order valence-electron chi connectivity index (χ0n) is 18.1. The second-order valence-electron chi connectivity index (χ2n) is 8.01. The van der Waals surface area contributed by atoms with Crippen LogP contribution >= 0.6 is 0 Å². The quantitative estimate of drug-likeness (QED) is 0.562. The van der Waals surface area contributed by atoms with Gasteiger partial charge in [0.25, 0.3) is 0 Å². The maximum atomic E-state index is 6.22. The molecule has 9 heteroatoms. The van der Waals surface area contributed by atoms with Crippen molar-refractivity contribution in [3.63, 3.8) is 0 Å². The first kappa shape index (κ1) is 20.4. The van der Waals surface area contributed by atoms with Crippen LogP contribution in [0.15, 0.2) is 12.1 Å². The Labute approximate surface area is 176 Å². The van der Waals surface area contributed by atoms with Crippen LogP contribution in [-0.4, -0.2) is 46.3 Å². The lowest BCUT2D eigenvalue weighted by Gasteiger charge is -2.23. The fraction of sp³-hybridized carbons (Fsp3) is 0.619.